The minimum absolute atomic E-state index is 0.0671. The quantitative estimate of drug-likeness (QED) is 0.317. The molecule has 2 aromatic heterocycles. The summed E-state index contributed by atoms with van der Waals surface area (Å²) in [5.41, 5.74) is 2.55. The molecule has 176 valence electrons. The van der Waals surface area contributed by atoms with Crippen LogP contribution in [0.25, 0.3) is 22.7 Å². The summed E-state index contributed by atoms with van der Waals surface area (Å²) in [6.07, 6.45) is 3.87. The van der Waals surface area contributed by atoms with Gasteiger partial charge in [-0.3, -0.25) is 4.79 Å². The minimum atomic E-state index is -1.56. The van der Waals surface area contributed by atoms with E-state index in [2.05, 4.69) is 25.5 Å². The Hall–Kier alpha value is -3.89. The van der Waals surface area contributed by atoms with E-state index in [0.717, 1.165) is 54.4 Å². The molecule has 0 amide bonds. The Morgan fingerprint density at radius 3 is 2.53 bits per heavy atom. The van der Waals surface area contributed by atoms with Gasteiger partial charge in [0.15, 0.2) is 23.3 Å². The molecule has 5 rings (SSSR count). The average Bonchev–Trinajstić information content (AvgIpc) is 3.44. The molecule has 0 aliphatic heterocycles. The van der Waals surface area contributed by atoms with E-state index in [-0.39, 0.29) is 29.9 Å². The van der Waals surface area contributed by atoms with Gasteiger partial charge < -0.3 is 19.8 Å². The Labute approximate surface area is 191 Å². The lowest BCUT2D eigenvalue weighted by Crippen LogP contribution is -2.16. The maximum absolute atomic E-state index is 13.4. The molecule has 3 N–H and O–H groups in total. The second-order valence-electron chi connectivity index (χ2n) is 8.47. The number of carboxylic acids is 1. The Morgan fingerprint density at radius 2 is 1.82 bits per heavy atom. The van der Waals surface area contributed by atoms with Crippen LogP contribution in [0.5, 0.6) is 0 Å². The van der Waals surface area contributed by atoms with Crippen molar-refractivity contribution in [3.63, 3.8) is 0 Å². The number of aliphatic carboxylic acids is 1. The van der Waals surface area contributed by atoms with Crippen molar-refractivity contribution < 1.29 is 27.5 Å². The summed E-state index contributed by atoms with van der Waals surface area (Å²) in [6, 6.07) is 7.37. The third kappa shape index (κ3) is 4.45. The number of imidazole rings is 1. The van der Waals surface area contributed by atoms with E-state index < -0.39 is 23.4 Å². The highest BCUT2D eigenvalue weighted by Gasteiger charge is 2.24. The number of benzene rings is 2. The molecule has 11 heteroatoms. The van der Waals surface area contributed by atoms with Crippen LogP contribution in [-0.2, 0) is 4.79 Å². The number of H-pyrrole nitrogens is 1. The average molecular weight is 471 g/mol. The number of hydrogen-bond acceptors (Lipinski definition) is 6. The number of anilines is 2. The normalized spacial score (nSPS) is 18.3. The smallest absolute Gasteiger partial charge is 0.320 e. The lowest BCUT2D eigenvalue weighted by atomic mass is 9.77. The maximum atomic E-state index is 13.4. The van der Waals surface area contributed by atoms with Crippen LogP contribution in [0.1, 0.15) is 43.6 Å². The van der Waals surface area contributed by atoms with E-state index in [0.29, 0.717) is 11.7 Å². The Bertz CT molecular complexity index is 1340. The van der Waals surface area contributed by atoms with E-state index in [1.807, 2.05) is 18.2 Å². The van der Waals surface area contributed by atoms with Gasteiger partial charge in [-0.1, -0.05) is 11.2 Å². The monoisotopic (exact) mass is 471 g/mol. The Morgan fingerprint density at radius 1 is 1.09 bits per heavy atom. The lowest BCUT2D eigenvalue weighted by molar-refractivity contribution is -0.138. The fraction of sp³-hybridized carbons (Fsp3) is 0.304. The molecule has 0 saturated heterocycles. The highest BCUT2D eigenvalue weighted by atomic mass is 19.2. The molecule has 1 aliphatic carbocycles. The van der Waals surface area contributed by atoms with Crippen molar-refractivity contribution in [2.24, 2.45) is 5.92 Å². The number of carboxylic acid groups (broad SMARTS) is 1. The van der Waals surface area contributed by atoms with Crippen LogP contribution in [0.3, 0.4) is 0 Å². The number of carbonyl (C=O) groups is 1. The van der Waals surface area contributed by atoms with Gasteiger partial charge >= 0.3 is 12.0 Å². The first-order chi connectivity index (χ1) is 16.4. The van der Waals surface area contributed by atoms with Crippen molar-refractivity contribution in [1.82, 2.24) is 20.2 Å². The molecule has 8 nitrogen and oxygen atoms in total. The summed E-state index contributed by atoms with van der Waals surface area (Å²) in [6.45, 7) is 0. The van der Waals surface area contributed by atoms with Gasteiger partial charge in [0.05, 0.1) is 11.0 Å². The summed E-state index contributed by atoms with van der Waals surface area (Å²) in [7, 11) is 0. The summed E-state index contributed by atoms with van der Waals surface area (Å²) in [5, 5.41) is 19.2. The first kappa shape index (κ1) is 21.9. The summed E-state index contributed by atoms with van der Waals surface area (Å²) < 4.78 is 45.4. The number of halogens is 3. The largest absolute Gasteiger partial charge is 0.481 e. The first-order valence-electron chi connectivity index (χ1n) is 10.8. The number of aromatic nitrogens is 4. The van der Waals surface area contributed by atoms with Crippen LogP contribution in [0.15, 0.2) is 34.7 Å². The first-order valence-corrected chi connectivity index (χ1v) is 10.8. The molecular weight excluding hydrogens is 451 g/mol. The SMILES string of the molecule is O=C(O)CC1CCC(c2ccc3[nH]c(-c4nnc(Nc5cc(F)c(F)c(F)c5)o4)nc3c2)CC1. The van der Waals surface area contributed by atoms with Crippen LogP contribution in [0.4, 0.5) is 24.9 Å². The van der Waals surface area contributed by atoms with Crippen molar-refractivity contribution >= 4 is 28.7 Å². The predicted molar refractivity (Wildman–Crippen MR) is 116 cm³/mol. The van der Waals surface area contributed by atoms with Crippen LogP contribution in [0.2, 0.25) is 0 Å². The van der Waals surface area contributed by atoms with E-state index in [9.17, 15) is 18.0 Å². The van der Waals surface area contributed by atoms with Crippen molar-refractivity contribution in [3.05, 3.63) is 53.3 Å². The van der Waals surface area contributed by atoms with E-state index in [4.69, 9.17) is 9.52 Å². The number of fused-ring (bicyclic) bond motifs is 1. The summed E-state index contributed by atoms with van der Waals surface area (Å²) in [4.78, 5) is 18.6. The standard InChI is InChI=1S/C23H20F3N5O3/c24-15-9-14(10-16(25)20(15)26)27-23-31-30-22(34-23)21-28-17-6-5-13(8-18(17)29-21)12-3-1-11(2-4-12)7-19(32)33/h5-6,8-12H,1-4,7H2,(H,27,31)(H,28,29)(H,32,33). The van der Waals surface area contributed by atoms with Gasteiger partial charge in [-0.05, 0) is 55.2 Å². The van der Waals surface area contributed by atoms with Gasteiger partial charge in [0.1, 0.15) is 0 Å². The van der Waals surface area contributed by atoms with E-state index in [1.54, 1.807) is 0 Å². The van der Waals surface area contributed by atoms with Gasteiger partial charge in [0, 0.05) is 24.2 Å². The number of nitrogens with one attached hydrogen (secondary N) is 2. The fourth-order valence-electron chi connectivity index (χ4n) is 4.45. The predicted octanol–water partition coefficient (Wildman–Crippen LogP) is 5.52. The molecule has 2 heterocycles. The Kier molecular flexibility index (Phi) is 5.68. The highest BCUT2D eigenvalue weighted by Crippen LogP contribution is 2.38. The third-order valence-corrected chi connectivity index (χ3v) is 6.15. The fourth-order valence-corrected chi connectivity index (χ4v) is 4.45. The third-order valence-electron chi connectivity index (χ3n) is 6.15. The molecule has 2 aromatic carbocycles. The molecular formula is C23H20F3N5O3. The maximum Gasteiger partial charge on any atom is 0.320 e. The van der Waals surface area contributed by atoms with Gasteiger partial charge in [-0.2, -0.15) is 0 Å². The number of nitrogens with zero attached hydrogens (tertiary/aromatic N) is 3. The molecule has 0 radical (unpaired) electrons. The van der Waals surface area contributed by atoms with E-state index in [1.165, 1.54) is 0 Å². The highest BCUT2D eigenvalue weighted by molar-refractivity contribution is 5.79. The molecule has 0 atom stereocenters. The molecule has 0 bridgehead atoms. The molecule has 1 aliphatic rings. The zero-order valence-corrected chi connectivity index (χ0v) is 17.8. The van der Waals surface area contributed by atoms with Crippen molar-refractivity contribution in [2.45, 2.75) is 38.0 Å². The zero-order valence-electron chi connectivity index (χ0n) is 17.8. The van der Waals surface area contributed by atoms with Crippen molar-refractivity contribution in [2.75, 3.05) is 5.32 Å². The van der Waals surface area contributed by atoms with Gasteiger partial charge in [0.2, 0.25) is 0 Å². The molecule has 0 spiro atoms. The van der Waals surface area contributed by atoms with Crippen LogP contribution in [0, 0.1) is 23.4 Å². The lowest BCUT2D eigenvalue weighted by Gasteiger charge is -2.27. The topological polar surface area (TPSA) is 117 Å². The van der Waals surface area contributed by atoms with Crippen molar-refractivity contribution in [1.29, 1.82) is 0 Å². The van der Waals surface area contributed by atoms with Crippen molar-refractivity contribution in [3.8, 4) is 11.7 Å². The molecule has 0 unspecified atom stereocenters. The van der Waals surface area contributed by atoms with Crippen LogP contribution < -0.4 is 5.32 Å². The Balaban J connectivity index is 1.31. The summed E-state index contributed by atoms with van der Waals surface area (Å²) in [5.74, 6) is -4.01. The van der Waals surface area contributed by atoms with Crippen LogP contribution in [-0.4, -0.2) is 31.2 Å². The minimum Gasteiger partial charge on any atom is -0.481 e. The number of rotatable bonds is 6. The molecule has 34 heavy (non-hydrogen) atoms. The second kappa shape index (κ2) is 8.81. The summed E-state index contributed by atoms with van der Waals surface area (Å²) >= 11 is 0. The molecule has 4 aromatic rings. The van der Waals surface area contributed by atoms with Gasteiger partial charge in [-0.15, -0.1) is 5.10 Å². The number of aromatic amines is 1. The zero-order chi connectivity index (χ0) is 23.8. The molecule has 1 fully saturated rings. The van der Waals surface area contributed by atoms with Gasteiger partial charge in [-0.25, -0.2) is 18.2 Å². The van der Waals surface area contributed by atoms with E-state index >= 15 is 0 Å². The van der Waals surface area contributed by atoms with Crippen LogP contribution >= 0.6 is 0 Å². The van der Waals surface area contributed by atoms with Gasteiger partial charge in [0.25, 0.3) is 5.89 Å². The molecule has 1 saturated carbocycles. The number of hydrogen-bond donors (Lipinski definition) is 3. The second-order valence-corrected chi connectivity index (χ2v) is 8.47.